The van der Waals surface area contributed by atoms with Crippen molar-refractivity contribution in [2.75, 3.05) is 14.7 Å². The summed E-state index contributed by atoms with van der Waals surface area (Å²) in [5.74, 6) is 0. The Labute approximate surface area is 538 Å². The predicted octanol–water partition coefficient (Wildman–Crippen LogP) is 19.3. The third kappa shape index (κ3) is 7.76. The van der Waals surface area contributed by atoms with Crippen LogP contribution >= 0.6 is 0 Å². The zero-order valence-corrected chi connectivity index (χ0v) is 47.7. The number of nitriles is 1. The van der Waals surface area contributed by atoms with Crippen LogP contribution in [-0.2, 0) is 21.7 Å². The summed E-state index contributed by atoms with van der Waals surface area (Å²) >= 11 is 0. The van der Waals surface area contributed by atoms with Crippen molar-refractivity contribution in [3.8, 4) is 22.9 Å². The van der Waals surface area contributed by atoms with Gasteiger partial charge in [-0.2, -0.15) is 5.26 Å². The number of para-hydroxylation sites is 3. The molecular formula is C77H68BN5O. The molecule has 84 heavy (non-hydrogen) atoms. The number of fused-ring (bicyclic) bond motifs is 12. The van der Waals surface area contributed by atoms with E-state index in [4.69, 9.17) is 12.6 Å². The first-order valence-corrected chi connectivity index (χ1v) is 27.2. The van der Waals surface area contributed by atoms with E-state index < -0.39 is 316 Å². The van der Waals surface area contributed by atoms with Gasteiger partial charge < -0.3 is 23.7 Å². The quantitative estimate of drug-likeness (QED) is 0.161. The second kappa shape index (κ2) is 17.9. The lowest BCUT2D eigenvalue weighted by Gasteiger charge is -2.46. The SMILES string of the molecule is [2H]c1c([2H])c2c3c(c1[2H])-n1c4c([2H])c([2H])c(C(C)(C)C)c([2H])c4c4c([2H])c(C(C)(C)C)c([2H])c(c41)N3c1c([2H])c(C#N)c([2H])c3c1B2c1c([2H])c([2H])c(N(c2c([2H])c([2H])c(C(C)(C)C)c([2H])c2[2H])c2c([2H])c([2H])c(C(C)(C)C)c([2H])c2[2H])c([2H])c1N3c1c([2H])c([2H])c(-c2c([2H])c([2H])c([2H])c3c2oc2c([2H])c([2H])c([2H])c([2H])c23)c([2H])c1[2H]. The lowest BCUT2D eigenvalue weighted by molar-refractivity contribution is 0.590. The molecule has 10 aromatic carbocycles. The fourth-order valence-electron chi connectivity index (χ4n) is 11.1. The molecule has 0 unspecified atom stereocenters. The van der Waals surface area contributed by atoms with Gasteiger partial charge in [0.2, 0.25) is 0 Å². The standard InChI is InChI=1S/C77H68BN5O/c1-74(2,3)48-25-32-52(33-26-48)80(53-34-27-49(28-35-53)75(4,5)6)55-36-37-61-65(44-55)81(54-30-23-47(24-31-54)56-18-15-19-58-57-17-13-14-22-69(57)84-73(56)58)66-39-46(45-79)40-67-70(66)78(61)62-20-16-21-64-72(62)83(67)68-43-51(77(10,11)12)42-60-59-41-50(76(7,8)9)29-38-63(59)82(64)71(60)68/h13-44H,1-12H3/i13D,14D,15D,16D,17D,18D,19D,20D,21D,22D,23D,24D,25D,26D,27D,28D,29D,30D,31D,32D,33D,34D,35D,36D,37D,38D,39D,40D,41D,42D,43D,44D. The minimum atomic E-state index is -2.17. The van der Waals surface area contributed by atoms with Crippen molar-refractivity contribution in [2.45, 2.75) is 105 Å². The highest BCUT2D eigenvalue weighted by Gasteiger charge is 2.47. The normalized spacial score (nSPS) is 19.0. The summed E-state index contributed by atoms with van der Waals surface area (Å²) < 4.78 is 325. The Morgan fingerprint density at radius 2 is 1.06 bits per heavy atom. The number of furan rings is 1. The van der Waals surface area contributed by atoms with Crippen molar-refractivity contribution in [1.82, 2.24) is 4.57 Å². The first kappa shape index (κ1) is 27.9. The Kier molecular flexibility index (Phi) is 5.94. The van der Waals surface area contributed by atoms with Gasteiger partial charge >= 0.3 is 0 Å². The number of hydrogen-bond donors (Lipinski definition) is 0. The topological polar surface area (TPSA) is 51.6 Å². The number of hydrogen-bond acceptors (Lipinski definition) is 5. The van der Waals surface area contributed by atoms with Gasteiger partial charge in [0, 0.05) is 66.9 Å². The van der Waals surface area contributed by atoms with Crippen LogP contribution in [0, 0.1) is 11.3 Å². The molecule has 3 aliphatic rings. The zero-order valence-electron chi connectivity index (χ0n) is 79.7. The molecule has 0 fully saturated rings. The molecule has 6 nitrogen and oxygen atoms in total. The maximum Gasteiger partial charge on any atom is 0.252 e. The third-order valence-corrected chi connectivity index (χ3v) is 15.3. The van der Waals surface area contributed by atoms with Gasteiger partial charge in [-0.25, -0.2) is 0 Å². The molecule has 410 valence electrons. The maximum atomic E-state index is 11.8. The van der Waals surface area contributed by atoms with Crippen molar-refractivity contribution < 1.29 is 48.3 Å². The van der Waals surface area contributed by atoms with Crippen LogP contribution in [0.15, 0.2) is 198 Å². The van der Waals surface area contributed by atoms with Crippen molar-refractivity contribution in [1.29, 1.82) is 5.26 Å². The molecule has 0 saturated carbocycles. The number of benzene rings is 10. The molecule has 0 aliphatic carbocycles. The van der Waals surface area contributed by atoms with Crippen LogP contribution in [0.5, 0.6) is 0 Å². The van der Waals surface area contributed by atoms with E-state index in [1.165, 1.54) is 9.47 Å². The van der Waals surface area contributed by atoms with Crippen LogP contribution in [0.1, 0.15) is 155 Å². The summed E-state index contributed by atoms with van der Waals surface area (Å²) in [4.78, 5) is 2.42. The van der Waals surface area contributed by atoms with E-state index in [9.17, 15) is 40.9 Å². The van der Waals surface area contributed by atoms with Gasteiger partial charge in [0.15, 0.2) is 0 Å². The monoisotopic (exact) mass is 1120 g/mol. The molecule has 0 spiro atoms. The first-order valence-electron chi connectivity index (χ1n) is 43.2. The average Bonchev–Trinajstić information content (AvgIpc) is 1.22. The van der Waals surface area contributed by atoms with Crippen LogP contribution in [0.3, 0.4) is 0 Å². The molecular weight excluding hydrogens is 1020 g/mol. The van der Waals surface area contributed by atoms with Gasteiger partial charge in [-0.15, -0.1) is 0 Å². The van der Waals surface area contributed by atoms with Crippen molar-refractivity contribution in [2.24, 2.45) is 0 Å². The van der Waals surface area contributed by atoms with E-state index in [1.807, 2.05) is 6.07 Å². The lowest BCUT2D eigenvalue weighted by Crippen LogP contribution is -2.61. The Morgan fingerprint density at radius 3 is 1.71 bits per heavy atom. The van der Waals surface area contributed by atoms with E-state index >= 15 is 0 Å². The van der Waals surface area contributed by atoms with Crippen LogP contribution in [0.4, 0.5) is 51.2 Å². The minimum absolute atomic E-state index is 0.0397. The minimum Gasteiger partial charge on any atom is -0.455 e. The van der Waals surface area contributed by atoms with E-state index in [1.54, 1.807) is 83.1 Å². The van der Waals surface area contributed by atoms with E-state index in [-0.39, 0.29) is 61.8 Å². The summed E-state index contributed by atoms with van der Waals surface area (Å²) in [7, 11) is 0. The molecule has 0 saturated heterocycles. The fourth-order valence-corrected chi connectivity index (χ4v) is 11.1. The predicted molar refractivity (Wildman–Crippen MR) is 355 cm³/mol. The number of anilines is 9. The molecule has 15 rings (SSSR count). The van der Waals surface area contributed by atoms with Gasteiger partial charge in [-0.05, 0) is 163 Å². The second-order valence-corrected chi connectivity index (χ2v) is 25.2. The van der Waals surface area contributed by atoms with Gasteiger partial charge in [0.1, 0.15) is 11.2 Å². The second-order valence-electron chi connectivity index (χ2n) is 25.2. The van der Waals surface area contributed by atoms with Gasteiger partial charge in [0.25, 0.3) is 6.71 Å². The molecule has 0 N–H and O–H groups in total. The van der Waals surface area contributed by atoms with Crippen molar-refractivity contribution >= 4 is 118 Å². The zero-order chi connectivity index (χ0) is 85.9. The molecule has 0 amide bonds. The van der Waals surface area contributed by atoms with Crippen molar-refractivity contribution in [3.63, 3.8) is 0 Å². The lowest BCUT2D eigenvalue weighted by atomic mass is 9.33. The average molecular weight is 1120 g/mol. The van der Waals surface area contributed by atoms with E-state index in [2.05, 4.69) is 0 Å². The Bertz CT molecular complexity index is 6600. The molecule has 5 heterocycles. The Morgan fingerprint density at radius 1 is 0.464 bits per heavy atom. The van der Waals surface area contributed by atoms with Crippen molar-refractivity contribution in [3.05, 3.63) is 221 Å². The Balaban J connectivity index is 1.21. The number of aromatic nitrogens is 1. The van der Waals surface area contributed by atoms with Gasteiger partial charge in [0.05, 0.1) is 83.6 Å². The molecule has 12 aromatic rings. The smallest absolute Gasteiger partial charge is 0.252 e. The summed E-state index contributed by atoms with van der Waals surface area (Å²) in [5.41, 5.74) is -19.0. The van der Waals surface area contributed by atoms with Crippen LogP contribution in [-0.4, -0.2) is 11.3 Å². The Hall–Kier alpha value is -9.25. The summed E-state index contributed by atoms with van der Waals surface area (Å²) in [6.45, 7) is 17.5. The highest BCUT2D eigenvalue weighted by Crippen LogP contribution is 2.54. The van der Waals surface area contributed by atoms with Crippen LogP contribution in [0.25, 0.3) is 60.6 Å². The van der Waals surface area contributed by atoms with E-state index in [0.717, 1.165) is 0 Å². The largest absolute Gasteiger partial charge is 0.455 e. The van der Waals surface area contributed by atoms with E-state index in [0.29, 0.717) is 9.80 Å². The molecule has 0 bridgehead atoms. The van der Waals surface area contributed by atoms with Crippen LogP contribution in [0.2, 0.25) is 0 Å². The molecule has 3 aliphatic heterocycles. The highest BCUT2D eigenvalue weighted by atomic mass is 16.3. The summed E-state index contributed by atoms with van der Waals surface area (Å²) in [6, 6.07) is -26.3. The van der Waals surface area contributed by atoms with Crippen LogP contribution < -0.4 is 31.1 Å². The first-order chi connectivity index (χ1) is 53.6. The summed E-state index contributed by atoms with van der Waals surface area (Å²) in [6.07, 6.45) is 0. The molecule has 2 aromatic heterocycles. The third-order valence-electron chi connectivity index (χ3n) is 15.3. The molecule has 0 radical (unpaired) electrons. The van der Waals surface area contributed by atoms with Gasteiger partial charge in [-0.1, -0.05) is 180 Å². The van der Waals surface area contributed by atoms with Gasteiger partial charge in [-0.3, -0.25) is 0 Å². The molecule has 7 heteroatoms. The molecule has 0 atom stereocenters. The maximum absolute atomic E-state index is 11.8. The highest BCUT2D eigenvalue weighted by molar-refractivity contribution is 7.00. The number of rotatable bonds is 5. The number of nitrogens with zero attached hydrogens (tertiary/aromatic N) is 5. The fraction of sp³-hybridized carbons (Fsp3) is 0.208. The summed E-state index contributed by atoms with van der Waals surface area (Å²) in [5, 5.41) is 10.5.